The van der Waals surface area contributed by atoms with Crippen molar-refractivity contribution >= 4 is 5.97 Å². The third-order valence-corrected chi connectivity index (χ3v) is 3.50. The molecule has 26 heavy (non-hydrogen) atoms. The number of rotatable bonds is 6. The Morgan fingerprint density at radius 1 is 1.15 bits per heavy atom. The molecule has 2 aromatic rings. The van der Waals surface area contributed by atoms with Gasteiger partial charge in [0.2, 0.25) is 0 Å². The van der Waals surface area contributed by atoms with E-state index >= 15 is 0 Å². The Morgan fingerprint density at radius 2 is 1.88 bits per heavy atom. The lowest BCUT2D eigenvalue weighted by molar-refractivity contribution is -0.154. The minimum absolute atomic E-state index is 0.0125. The quantitative estimate of drug-likeness (QED) is 0.713. The zero-order chi connectivity index (χ0) is 19.2. The fourth-order valence-electron chi connectivity index (χ4n) is 2.36. The Labute approximate surface area is 153 Å². The Bertz CT molecular complexity index is 819. The van der Waals surface area contributed by atoms with Gasteiger partial charge >= 0.3 is 5.97 Å². The third-order valence-electron chi connectivity index (χ3n) is 3.50. The summed E-state index contributed by atoms with van der Waals surface area (Å²) in [6.45, 7) is 5.80. The fraction of sp³-hybridized carbons (Fsp3) is 0.333. The summed E-state index contributed by atoms with van der Waals surface area (Å²) in [5.41, 5.74) is 1.42. The van der Waals surface area contributed by atoms with E-state index in [-0.39, 0.29) is 18.1 Å². The smallest absolute Gasteiger partial charge is 0.306 e. The van der Waals surface area contributed by atoms with Crippen LogP contribution in [0.15, 0.2) is 42.5 Å². The molecule has 0 fully saturated rings. The fourth-order valence-corrected chi connectivity index (χ4v) is 2.36. The van der Waals surface area contributed by atoms with E-state index in [0.29, 0.717) is 18.6 Å². The zero-order valence-corrected chi connectivity index (χ0v) is 15.2. The van der Waals surface area contributed by atoms with E-state index in [0.717, 1.165) is 11.1 Å². The molecule has 0 atom stereocenters. The van der Waals surface area contributed by atoms with Crippen LogP contribution in [0.25, 0.3) is 0 Å². The lowest BCUT2D eigenvalue weighted by Gasteiger charge is -2.19. The molecule has 0 saturated heterocycles. The number of nitriles is 1. The topological polar surface area (TPSA) is 59.3 Å². The molecule has 0 heterocycles. The third kappa shape index (κ3) is 6.21. The van der Waals surface area contributed by atoms with Crippen molar-refractivity contribution in [2.75, 3.05) is 0 Å². The van der Waals surface area contributed by atoms with Gasteiger partial charge in [-0.25, -0.2) is 4.39 Å². The van der Waals surface area contributed by atoms with Gasteiger partial charge in [0.05, 0.1) is 5.56 Å². The highest BCUT2D eigenvalue weighted by Crippen LogP contribution is 2.18. The first-order valence-electron chi connectivity index (χ1n) is 8.39. The summed E-state index contributed by atoms with van der Waals surface area (Å²) in [4.78, 5) is 11.8. The predicted molar refractivity (Wildman–Crippen MR) is 96.1 cm³/mol. The van der Waals surface area contributed by atoms with Crippen molar-refractivity contribution in [1.29, 1.82) is 5.26 Å². The SMILES string of the molecule is CC(C)(C)OC(=O)CCc1cccc(COc2ccc(C#N)c(F)c2)c1. The normalized spacial score (nSPS) is 10.9. The van der Waals surface area contributed by atoms with Crippen LogP contribution >= 0.6 is 0 Å². The number of hydrogen-bond acceptors (Lipinski definition) is 4. The van der Waals surface area contributed by atoms with E-state index in [2.05, 4.69) is 0 Å². The monoisotopic (exact) mass is 355 g/mol. The molecule has 5 heteroatoms. The summed E-state index contributed by atoms with van der Waals surface area (Å²) < 4.78 is 24.5. The highest BCUT2D eigenvalue weighted by molar-refractivity contribution is 5.70. The summed E-state index contributed by atoms with van der Waals surface area (Å²) in [6.07, 6.45) is 0.886. The van der Waals surface area contributed by atoms with Crippen LogP contribution < -0.4 is 4.74 Å². The first-order chi connectivity index (χ1) is 12.3. The van der Waals surface area contributed by atoms with Crippen molar-refractivity contribution < 1.29 is 18.7 Å². The van der Waals surface area contributed by atoms with Crippen LogP contribution in [0.3, 0.4) is 0 Å². The van der Waals surface area contributed by atoms with Crippen molar-refractivity contribution in [3.8, 4) is 11.8 Å². The number of hydrogen-bond donors (Lipinski definition) is 0. The van der Waals surface area contributed by atoms with Gasteiger partial charge in [-0.15, -0.1) is 0 Å². The molecule has 0 spiro atoms. The second-order valence-corrected chi connectivity index (χ2v) is 6.95. The number of nitrogens with zero attached hydrogens (tertiary/aromatic N) is 1. The summed E-state index contributed by atoms with van der Waals surface area (Å²) in [5, 5.41) is 8.74. The van der Waals surface area contributed by atoms with E-state index in [1.807, 2.05) is 45.0 Å². The highest BCUT2D eigenvalue weighted by Gasteiger charge is 2.15. The molecule has 136 valence electrons. The molecule has 0 aliphatic carbocycles. The van der Waals surface area contributed by atoms with E-state index in [1.165, 1.54) is 12.1 Å². The van der Waals surface area contributed by atoms with Gasteiger partial charge in [0.1, 0.15) is 29.8 Å². The van der Waals surface area contributed by atoms with Gasteiger partial charge in [-0.1, -0.05) is 24.3 Å². The van der Waals surface area contributed by atoms with Crippen molar-refractivity contribution in [3.63, 3.8) is 0 Å². The Balaban J connectivity index is 1.92. The first-order valence-corrected chi connectivity index (χ1v) is 8.39. The van der Waals surface area contributed by atoms with Crippen molar-refractivity contribution in [2.45, 2.75) is 45.8 Å². The maximum atomic E-state index is 13.6. The molecular formula is C21H22FNO3. The van der Waals surface area contributed by atoms with E-state index in [4.69, 9.17) is 14.7 Å². The molecule has 0 unspecified atom stereocenters. The zero-order valence-electron chi connectivity index (χ0n) is 15.2. The summed E-state index contributed by atoms with van der Waals surface area (Å²) in [7, 11) is 0. The average molecular weight is 355 g/mol. The van der Waals surface area contributed by atoms with E-state index in [9.17, 15) is 9.18 Å². The minimum Gasteiger partial charge on any atom is -0.489 e. The molecule has 2 aromatic carbocycles. The van der Waals surface area contributed by atoms with Gasteiger partial charge in [-0.2, -0.15) is 5.26 Å². The Hall–Kier alpha value is -2.87. The Kier molecular flexibility index (Phi) is 6.35. The van der Waals surface area contributed by atoms with Crippen LogP contribution in [0, 0.1) is 17.1 Å². The molecule has 2 rings (SSSR count). The molecule has 0 aliphatic rings. The molecule has 0 saturated carbocycles. The van der Waals surface area contributed by atoms with Crippen LogP contribution in [-0.4, -0.2) is 11.6 Å². The van der Waals surface area contributed by atoms with E-state index < -0.39 is 11.4 Å². The number of carbonyl (C=O) groups is 1. The van der Waals surface area contributed by atoms with Gasteiger partial charge in [0.25, 0.3) is 0 Å². The molecular weight excluding hydrogens is 333 g/mol. The predicted octanol–water partition coefficient (Wildman–Crippen LogP) is 4.55. The standard InChI is InChI=1S/C21H22FNO3/c1-21(2,3)26-20(24)10-7-15-5-4-6-16(11-15)14-25-18-9-8-17(13-23)19(22)12-18/h4-6,8-9,11-12H,7,10,14H2,1-3H3. The molecule has 0 aliphatic heterocycles. The average Bonchev–Trinajstić information content (AvgIpc) is 2.57. The van der Waals surface area contributed by atoms with Gasteiger partial charge < -0.3 is 9.47 Å². The number of ether oxygens (including phenoxy) is 2. The first kappa shape index (κ1) is 19.5. The number of halogens is 1. The number of carbonyl (C=O) groups excluding carboxylic acids is 1. The minimum atomic E-state index is -0.601. The largest absolute Gasteiger partial charge is 0.489 e. The molecule has 0 amide bonds. The van der Waals surface area contributed by atoms with Crippen LogP contribution in [0.5, 0.6) is 5.75 Å². The van der Waals surface area contributed by atoms with Crippen molar-refractivity contribution in [3.05, 3.63) is 65.0 Å². The van der Waals surface area contributed by atoms with Crippen LogP contribution in [0.2, 0.25) is 0 Å². The maximum absolute atomic E-state index is 13.6. The van der Waals surface area contributed by atoms with Crippen molar-refractivity contribution in [1.82, 2.24) is 0 Å². The van der Waals surface area contributed by atoms with Gasteiger partial charge in [-0.3, -0.25) is 4.79 Å². The van der Waals surface area contributed by atoms with Crippen molar-refractivity contribution in [2.24, 2.45) is 0 Å². The molecule has 0 aromatic heterocycles. The second kappa shape index (κ2) is 8.48. The van der Waals surface area contributed by atoms with Gasteiger partial charge in [0.15, 0.2) is 0 Å². The summed E-state index contributed by atoms with van der Waals surface area (Å²) in [5.74, 6) is -0.469. The number of benzene rings is 2. The summed E-state index contributed by atoms with van der Waals surface area (Å²) >= 11 is 0. The number of esters is 1. The molecule has 0 N–H and O–H groups in total. The molecule has 0 radical (unpaired) electrons. The lowest BCUT2D eigenvalue weighted by atomic mass is 10.1. The molecule has 4 nitrogen and oxygen atoms in total. The van der Waals surface area contributed by atoms with Gasteiger partial charge in [0, 0.05) is 12.5 Å². The van der Waals surface area contributed by atoms with Crippen LogP contribution in [-0.2, 0) is 22.6 Å². The summed E-state index contributed by atoms with van der Waals surface area (Å²) in [6, 6.07) is 13.6. The highest BCUT2D eigenvalue weighted by atomic mass is 19.1. The van der Waals surface area contributed by atoms with Crippen LogP contribution in [0.1, 0.15) is 43.9 Å². The Morgan fingerprint density at radius 3 is 2.54 bits per heavy atom. The van der Waals surface area contributed by atoms with Gasteiger partial charge in [-0.05, 0) is 50.5 Å². The lowest BCUT2D eigenvalue weighted by Crippen LogP contribution is -2.24. The van der Waals surface area contributed by atoms with Crippen LogP contribution in [0.4, 0.5) is 4.39 Å². The second-order valence-electron chi connectivity index (χ2n) is 6.95. The number of aryl methyl sites for hydroxylation is 1. The molecule has 0 bridgehead atoms. The van der Waals surface area contributed by atoms with E-state index in [1.54, 1.807) is 12.1 Å². The maximum Gasteiger partial charge on any atom is 0.306 e.